The molecular formula is C15H15ClN2O4. The summed E-state index contributed by atoms with van der Waals surface area (Å²) >= 11 is 5.90. The van der Waals surface area contributed by atoms with E-state index in [0.717, 1.165) is 5.56 Å². The lowest BCUT2D eigenvalue weighted by atomic mass is 10.1. The van der Waals surface area contributed by atoms with E-state index in [2.05, 4.69) is 5.16 Å². The first-order valence-corrected chi connectivity index (χ1v) is 7.25. The Bertz CT molecular complexity index is 663. The second kappa shape index (κ2) is 6.37. The molecule has 1 saturated heterocycles. The number of aromatic nitrogens is 1. The van der Waals surface area contributed by atoms with Gasteiger partial charge < -0.3 is 18.9 Å². The lowest BCUT2D eigenvalue weighted by molar-refractivity contribution is 0.0600. The number of anilines is 1. The summed E-state index contributed by atoms with van der Waals surface area (Å²) in [6, 6.07) is 7.05. The largest absolute Gasteiger partial charge is 0.465 e. The van der Waals surface area contributed by atoms with Crippen LogP contribution < -0.4 is 4.90 Å². The summed E-state index contributed by atoms with van der Waals surface area (Å²) < 4.78 is 15.6. The summed E-state index contributed by atoms with van der Waals surface area (Å²) in [7, 11) is 1.34. The van der Waals surface area contributed by atoms with E-state index in [9.17, 15) is 4.79 Å². The summed E-state index contributed by atoms with van der Waals surface area (Å²) in [4.78, 5) is 14.1. The van der Waals surface area contributed by atoms with E-state index in [1.165, 1.54) is 7.11 Å². The van der Waals surface area contributed by atoms with Crippen LogP contribution in [-0.4, -0.2) is 44.5 Å². The third-order valence-corrected chi connectivity index (χ3v) is 3.73. The minimum absolute atomic E-state index is 0.326. The quantitative estimate of drug-likeness (QED) is 0.809. The van der Waals surface area contributed by atoms with Crippen LogP contribution in [-0.2, 0) is 9.47 Å². The number of nitrogens with zero attached hydrogens (tertiary/aromatic N) is 2. The standard InChI is InChI=1S/C15H15ClN2O4/c1-20-15(19)12-13(10-2-4-11(16)5-3-10)17-22-14(12)18-6-8-21-9-7-18/h2-5H,6-9H2,1H3. The maximum Gasteiger partial charge on any atom is 0.345 e. The fraction of sp³-hybridized carbons (Fsp3) is 0.333. The Balaban J connectivity index is 2.04. The van der Waals surface area contributed by atoms with Crippen molar-refractivity contribution in [2.75, 3.05) is 38.3 Å². The Hall–Kier alpha value is -2.05. The highest BCUT2D eigenvalue weighted by molar-refractivity contribution is 6.30. The SMILES string of the molecule is COC(=O)c1c(-c2ccc(Cl)cc2)noc1N1CCOCC1. The number of halogens is 1. The molecule has 0 atom stereocenters. The van der Waals surface area contributed by atoms with Crippen LogP contribution in [0.1, 0.15) is 10.4 Å². The van der Waals surface area contributed by atoms with Crippen molar-refractivity contribution >= 4 is 23.5 Å². The second-order valence-electron chi connectivity index (χ2n) is 4.81. The fourth-order valence-electron chi connectivity index (χ4n) is 2.35. The Kier molecular flexibility index (Phi) is 4.31. The molecule has 2 aromatic rings. The van der Waals surface area contributed by atoms with E-state index in [1.54, 1.807) is 24.3 Å². The molecule has 7 heteroatoms. The number of methoxy groups -OCH3 is 1. The van der Waals surface area contributed by atoms with E-state index in [1.807, 2.05) is 4.90 Å². The lowest BCUT2D eigenvalue weighted by Gasteiger charge is -2.26. The molecule has 0 bridgehead atoms. The fourth-order valence-corrected chi connectivity index (χ4v) is 2.48. The number of hydrogen-bond acceptors (Lipinski definition) is 6. The molecule has 1 aliphatic rings. The predicted octanol–water partition coefficient (Wildman–Crippen LogP) is 2.62. The maximum absolute atomic E-state index is 12.2. The van der Waals surface area contributed by atoms with E-state index in [4.69, 9.17) is 25.6 Å². The zero-order valence-corrected chi connectivity index (χ0v) is 12.8. The van der Waals surface area contributed by atoms with Crippen LogP contribution >= 0.6 is 11.6 Å². The molecule has 2 heterocycles. The predicted molar refractivity (Wildman–Crippen MR) is 81.3 cm³/mol. The molecule has 0 saturated carbocycles. The topological polar surface area (TPSA) is 64.8 Å². The van der Waals surface area contributed by atoms with Crippen molar-refractivity contribution < 1.29 is 18.8 Å². The Morgan fingerprint density at radius 2 is 1.95 bits per heavy atom. The van der Waals surface area contributed by atoms with Crippen LogP contribution in [0.2, 0.25) is 5.02 Å². The van der Waals surface area contributed by atoms with E-state index < -0.39 is 5.97 Å². The molecule has 1 aromatic heterocycles. The molecule has 116 valence electrons. The van der Waals surface area contributed by atoms with Crippen LogP contribution in [0.4, 0.5) is 5.88 Å². The van der Waals surface area contributed by atoms with Gasteiger partial charge in [0, 0.05) is 23.7 Å². The minimum Gasteiger partial charge on any atom is -0.465 e. The Morgan fingerprint density at radius 1 is 1.27 bits per heavy atom. The smallest absolute Gasteiger partial charge is 0.345 e. The lowest BCUT2D eigenvalue weighted by Crippen LogP contribution is -2.36. The zero-order chi connectivity index (χ0) is 15.5. The summed E-state index contributed by atoms with van der Waals surface area (Å²) in [6.07, 6.45) is 0. The van der Waals surface area contributed by atoms with Gasteiger partial charge in [-0.05, 0) is 12.1 Å². The number of rotatable bonds is 3. The summed E-state index contributed by atoms with van der Waals surface area (Å²) in [5.41, 5.74) is 1.52. The molecule has 22 heavy (non-hydrogen) atoms. The highest BCUT2D eigenvalue weighted by atomic mass is 35.5. The first-order chi connectivity index (χ1) is 10.7. The van der Waals surface area contributed by atoms with E-state index >= 15 is 0 Å². The Labute approximate surface area is 132 Å². The summed E-state index contributed by atoms with van der Waals surface area (Å²) in [5.74, 6) is -0.0622. The van der Waals surface area contributed by atoms with Crippen LogP contribution in [0.25, 0.3) is 11.3 Å². The summed E-state index contributed by atoms with van der Waals surface area (Å²) in [5, 5.41) is 4.67. The third-order valence-electron chi connectivity index (χ3n) is 3.48. The third kappa shape index (κ3) is 2.80. The molecule has 0 aliphatic carbocycles. The minimum atomic E-state index is -0.479. The zero-order valence-electron chi connectivity index (χ0n) is 12.0. The van der Waals surface area contributed by atoms with Crippen molar-refractivity contribution in [1.82, 2.24) is 5.16 Å². The maximum atomic E-state index is 12.2. The van der Waals surface area contributed by atoms with Crippen molar-refractivity contribution in [2.45, 2.75) is 0 Å². The van der Waals surface area contributed by atoms with Gasteiger partial charge in [0.2, 0.25) is 5.88 Å². The number of ether oxygens (including phenoxy) is 2. The van der Waals surface area contributed by atoms with Gasteiger partial charge in [0.1, 0.15) is 5.69 Å². The van der Waals surface area contributed by atoms with Gasteiger partial charge in [0.25, 0.3) is 0 Å². The van der Waals surface area contributed by atoms with Crippen molar-refractivity contribution in [3.05, 3.63) is 34.9 Å². The van der Waals surface area contributed by atoms with Gasteiger partial charge in [-0.25, -0.2) is 4.79 Å². The molecule has 1 fully saturated rings. The molecule has 3 rings (SSSR count). The molecule has 6 nitrogen and oxygen atoms in total. The van der Waals surface area contributed by atoms with Gasteiger partial charge >= 0.3 is 5.97 Å². The van der Waals surface area contributed by atoms with Crippen molar-refractivity contribution in [2.24, 2.45) is 0 Å². The van der Waals surface area contributed by atoms with Gasteiger partial charge in [-0.15, -0.1) is 0 Å². The number of hydrogen-bond donors (Lipinski definition) is 0. The monoisotopic (exact) mass is 322 g/mol. The highest BCUT2D eigenvalue weighted by Gasteiger charge is 2.29. The molecule has 1 aromatic carbocycles. The van der Waals surface area contributed by atoms with Gasteiger partial charge in [0.05, 0.1) is 20.3 Å². The van der Waals surface area contributed by atoms with Gasteiger partial charge in [-0.2, -0.15) is 0 Å². The van der Waals surface area contributed by atoms with Gasteiger partial charge in [0.15, 0.2) is 5.56 Å². The average Bonchev–Trinajstić information content (AvgIpc) is 3.00. The number of carbonyl (C=O) groups is 1. The van der Waals surface area contributed by atoms with Gasteiger partial charge in [-0.1, -0.05) is 28.9 Å². The second-order valence-corrected chi connectivity index (χ2v) is 5.25. The normalized spacial score (nSPS) is 14.9. The van der Waals surface area contributed by atoms with Crippen LogP contribution in [0.3, 0.4) is 0 Å². The van der Waals surface area contributed by atoms with Crippen LogP contribution in [0.5, 0.6) is 0 Å². The molecule has 0 unspecified atom stereocenters. The van der Waals surface area contributed by atoms with E-state index in [-0.39, 0.29) is 0 Å². The molecule has 0 spiro atoms. The molecule has 0 amide bonds. The van der Waals surface area contributed by atoms with Crippen molar-refractivity contribution in [3.63, 3.8) is 0 Å². The van der Waals surface area contributed by atoms with Crippen LogP contribution in [0, 0.1) is 0 Å². The molecule has 0 N–H and O–H groups in total. The van der Waals surface area contributed by atoms with E-state index in [0.29, 0.717) is 48.5 Å². The number of carbonyl (C=O) groups excluding carboxylic acids is 1. The Morgan fingerprint density at radius 3 is 2.59 bits per heavy atom. The molecular weight excluding hydrogens is 308 g/mol. The summed E-state index contributed by atoms with van der Waals surface area (Å²) in [6.45, 7) is 2.44. The average molecular weight is 323 g/mol. The molecule has 1 aliphatic heterocycles. The van der Waals surface area contributed by atoms with Crippen LogP contribution in [0.15, 0.2) is 28.8 Å². The van der Waals surface area contributed by atoms with Crippen molar-refractivity contribution in [1.29, 1.82) is 0 Å². The number of benzene rings is 1. The highest BCUT2D eigenvalue weighted by Crippen LogP contribution is 2.32. The first-order valence-electron chi connectivity index (χ1n) is 6.87. The number of morpholine rings is 1. The molecule has 0 radical (unpaired) electrons. The number of esters is 1. The van der Waals surface area contributed by atoms with Gasteiger partial charge in [-0.3, -0.25) is 0 Å². The van der Waals surface area contributed by atoms with Crippen molar-refractivity contribution in [3.8, 4) is 11.3 Å². The first kappa shape index (κ1) is 14.9.